The van der Waals surface area contributed by atoms with Gasteiger partial charge in [0.2, 0.25) is 0 Å². The number of fused-ring (bicyclic) bond motifs is 9. The molecule has 7 fully saturated rings. The highest BCUT2D eigenvalue weighted by Gasteiger charge is 2.66. The van der Waals surface area contributed by atoms with Gasteiger partial charge in [-0.05, 0) is 111 Å². The summed E-state index contributed by atoms with van der Waals surface area (Å²) in [5.74, 6) is 4.52. The van der Waals surface area contributed by atoms with Crippen molar-refractivity contribution in [1.82, 2.24) is 4.90 Å². The number of hydrogen-bond donors (Lipinski definition) is 6. The summed E-state index contributed by atoms with van der Waals surface area (Å²) in [5, 5.41) is 62.9. The molecule has 4 saturated heterocycles. The molecule has 0 spiro atoms. The van der Waals surface area contributed by atoms with Gasteiger partial charge >= 0.3 is 0 Å². The SMILES string of the molecule is C[C@@H]1CC[C@@H]2[C@@H](C)[C@H]3[C@H](C[C@H]4[C@H]5CC=C6C[C@@H](O[C@@H]7O[C@H](CO)[C@H](O)[C@@H](O)[C@H]7O[C@H]7O[C@@H](C)[C@H](O)[C@H](O)[C@H]7O)CC[C@@]6(C)[C@@H]5CC[C@@]34C)N2C1. The number of aliphatic hydroxyl groups is 6. The van der Waals surface area contributed by atoms with Crippen LogP contribution in [0.25, 0.3) is 0 Å². The Kier molecular flexibility index (Phi) is 9.62. The van der Waals surface area contributed by atoms with Crippen molar-refractivity contribution >= 4 is 0 Å². The van der Waals surface area contributed by atoms with Crippen LogP contribution in [0.2, 0.25) is 0 Å². The summed E-state index contributed by atoms with van der Waals surface area (Å²) in [5.41, 5.74) is 1.96. The number of hydrogen-bond acceptors (Lipinski definition) is 11. The molecule has 0 aromatic rings. The summed E-state index contributed by atoms with van der Waals surface area (Å²) in [6, 6.07) is 1.52. The highest BCUT2D eigenvalue weighted by molar-refractivity contribution is 5.27. The smallest absolute Gasteiger partial charge is 0.187 e. The van der Waals surface area contributed by atoms with Gasteiger partial charge in [0.25, 0.3) is 0 Å². The van der Waals surface area contributed by atoms with Crippen LogP contribution >= 0.6 is 0 Å². The molecule has 4 aliphatic carbocycles. The van der Waals surface area contributed by atoms with Crippen LogP contribution in [-0.4, -0.2) is 128 Å². The van der Waals surface area contributed by atoms with E-state index in [1.54, 1.807) is 6.92 Å². The summed E-state index contributed by atoms with van der Waals surface area (Å²) in [7, 11) is 0. The van der Waals surface area contributed by atoms with E-state index >= 15 is 0 Å². The first-order chi connectivity index (χ1) is 23.8. The molecule has 6 N–H and O–H groups in total. The fourth-order valence-corrected chi connectivity index (χ4v) is 13.3. The molecule has 4 aliphatic heterocycles. The Balaban J connectivity index is 0.978. The van der Waals surface area contributed by atoms with Crippen LogP contribution in [-0.2, 0) is 18.9 Å². The van der Waals surface area contributed by atoms with Crippen LogP contribution in [0.3, 0.4) is 0 Å². The average Bonchev–Trinajstić information content (AvgIpc) is 3.56. The number of piperidine rings is 1. The minimum absolute atomic E-state index is 0.107. The zero-order chi connectivity index (χ0) is 35.4. The molecule has 0 aromatic carbocycles. The highest BCUT2D eigenvalue weighted by atomic mass is 16.8. The standard InChI is InChI=1S/C39H63NO10/c1-18-6-9-26-19(2)29-27(40(26)16-18)15-25-23-8-7-21-14-22(10-12-38(21,4)24(23)11-13-39(25,29)5)48-37-35(33(45)31(43)28(17-41)49-37)50-36-34(46)32(44)30(42)20(3)47-36/h7,18-20,22-37,41-46H,6,8-17H2,1-5H3/t18-,19-,20+,22+,23+,24-,25+,26-,27+,28-,29+,30+,31+,32+,33-,34-,35-,36-,37-,38-,39-/m1/s1. The molecule has 4 heterocycles. The maximum atomic E-state index is 11.1. The van der Waals surface area contributed by atoms with E-state index in [4.69, 9.17) is 18.9 Å². The van der Waals surface area contributed by atoms with Gasteiger partial charge in [-0.3, -0.25) is 4.90 Å². The van der Waals surface area contributed by atoms with Crippen LogP contribution in [0.1, 0.15) is 92.4 Å². The monoisotopic (exact) mass is 705 g/mol. The van der Waals surface area contributed by atoms with Gasteiger partial charge in [-0.25, -0.2) is 0 Å². The Morgan fingerprint density at radius 2 is 1.60 bits per heavy atom. The number of aliphatic hydroxyl groups excluding tert-OH is 6. The molecule has 11 heteroatoms. The third-order valence-electron chi connectivity index (χ3n) is 15.9. The number of ether oxygens (including phenoxy) is 4. The van der Waals surface area contributed by atoms with Gasteiger partial charge in [0.15, 0.2) is 12.6 Å². The van der Waals surface area contributed by atoms with Gasteiger partial charge in [0.1, 0.15) is 42.7 Å². The molecule has 0 aromatic heterocycles. The first-order valence-corrected chi connectivity index (χ1v) is 19.8. The summed E-state index contributed by atoms with van der Waals surface area (Å²) in [6.45, 7) is 12.5. The second-order valence-electron chi connectivity index (χ2n) is 18.4. The first kappa shape index (κ1) is 36.3. The van der Waals surface area contributed by atoms with Crippen molar-refractivity contribution in [3.8, 4) is 0 Å². The van der Waals surface area contributed by atoms with Gasteiger partial charge in [0, 0.05) is 18.6 Å². The minimum atomic E-state index is -1.60. The van der Waals surface area contributed by atoms with Crippen LogP contribution in [0.4, 0.5) is 0 Å². The molecule has 0 amide bonds. The van der Waals surface area contributed by atoms with Gasteiger partial charge in [0.05, 0.1) is 18.8 Å². The van der Waals surface area contributed by atoms with Crippen LogP contribution in [0.5, 0.6) is 0 Å². The van der Waals surface area contributed by atoms with E-state index < -0.39 is 68.0 Å². The second kappa shape index (κ2) is 13.3. The molecule has 11 nitrogen and oxygen atoms in total. The molecule has 21 atom stereocenters. The molecule has 0 unspecified atom stereocenters. The predicted molar refractivity (Wildman–Crippen MR) is 182 cm³/mol. The van der Waals surface area contributed by atoms with E-state index in [0.717, 1.165) is 61.4 Å². The molecular formula is C39H63NO10. The van der Waals surface area contributed by atoms with E-state index in [1.165, 1.54) is 44.2 Å². The van der Waals surface area contributed by atoms with Crippen LogP contribution < -0.4 is 0 Å². The summed E-state index contributed by atoms with van der Waals surface area (Å²) >= 11 is 0. The van der Waals surface area contributed by atoms with Crippen LogP contribution in [0, 0.1) is 46.3 Å². The van der Waals surface area contributed by atoms with Crippen molar-refractivity contribution in [2.75, 3.05) is 13.2 Å². The normalized spacial score (nSPS) is 58.0. The molecular weight excluding hydrogens is 642 g/mol. The highest BCUT2D eigenvalue weighted by Crippen LogP contribution is 2.70. The molecule has 8 aliphatic rings. The van der Waals surface area contributed by atoms with Gasteiger partial charge in [-0.1, -0.05) is 39.3 Å². The number of nitrogens with zero attached hydrogens (tertiary/aromatic N) is 1. The van der Waals surface area contributed by atoms with Crippen molar-refractivity contribution in [3.05, 3.63) is 11.6 Å². The maximum absolute atomic E-state index is 11.1. The van der Waals surface area contributed by atoms with Crippen molar-refractivity contribution in [1.29, 1.82) is 0 Å². The summed E-state index contributed by atoms with van der Waals surface area (Å²) < 4.78 is 24.2. The van der Waals surface area contributed by atoms with Crippen molar-refractivity contribution in [2.45, 2.75) is 172 Å². The molecule has 0 bridgehead atoms. The van der Waals surface area contributed by atoms with Crippen molar-refractivity contribution < 1.29 is 49.6 Å². The Hall–Kier alpha value is -0.700. The van der Waals surface area contributed by atoms with Gasteiger partial charge < -0.3 is 49.6 Å². The average molecular weight is 706 g/mol. The molecule has 0 radical (unpaired) electrons. The minimum Gasteiger partial charge on any atom is -0.394 e. The van der Waals surface area contributed by atoms with E-state index in [1.807, 2.05) is 0 Å². The fourth-order valence-electron chi connectivity index (χ4n) is 13.3. The zero-order valence-corrected chi connectivity index (χ0v) is 30.6. The first-order valence-electron chi connectivity index (χ1n) is 19.8. The lowest BCUT2D eigenvalue weighted by Crippen LogP contribution is -2.64. The second-order valence-corrected chi connectivity index (χ2v) is 18.4. The maximum Gasteiger partial charge on any atom is 0.187 e. The molecule has 50 heavy (non-hydrogen) atoms. The summed E-state index contributed by atoms with van der Waals surface area (Å²) in [6.07, 6.45) is -0.545. The van der Waals surface area contributed by atoms with E-state index in [9.17, 15) is 30.6 Å². The fraction of sp³-hybridized carbons (Fsp3) is 0.949. The number of rotatable bonds is 5. The molecule has 8 rings (SSSR count). The van der Waals surface area contributed by atoms with E-state index in [0.29, 0.717) is 17.3 Å². The van der Waals surface area contributed by atoms with Gasteiger partial charge in [-0.2, -0.15) is 0 Å². The Morgan fingerprint density at radius 1 is 0.820 bits per heavy atom. The van der Waals surface area contributed by atoms with Crippen molar-refractivity contribution in [3.63, 3.8) is 0 Å². The lowest BCUT2D eigenvalue weighted by Gasteiger charge is -2.58. The Labute approximate surface area is 297 Å². The molecule has 3 saturated carbocycles. The topological polar surface area (TPSA) is 162 Å². The Bertz CT molecular complexity index is 1290. The lowest BCUT2D eigenvalue weighted by atomic mass is 9.47. The number of allylic oxidation sites excluding steroid dienone is 1. The van der Waals surface area contributed by atoms with Gasteiger partial charge in [-0.15, -0.1) is 0 Å². The lowest BCUT2D eigenvalue weighted by molar-refractivity contribution is -0.369. The third-order valence-corrected chi connectivity index (χ3v) is 15.9. The largest absolute Gasteiger partial charge is 0.394 e. The third kappa shape index (κ3) is 5.54. The predicted octanol–water partition coefficient (Wildman–Crippen LogP) is 2.33. The summed E-state index contributed by atoms with van der Waals surface area (Å²) in [4.78, 5) is 2.96. The quantitative estimate of drug-likeness (QED) is 0.233. The Morgan fingerprint density at radius 3 is 2.36 bits per heavy atom. The van der Waals surface area contributed by atoms with E-state index in [-0.39, 0.29) is 11.5 Å². The van der Waals surface area contributed by atoms with E-state index in [2.05, 4.69) is 38.7 Å². The van der Waals surface area contributed by atoms with Crippen LogP contribution in [0.15, 0.2) is 11.6 Å². The zero-order valence-electron chi connectivity index (χ0n) is 30.6. The molecule has 284 valence electrons. The van der Waals surface area contributed by atoms with Crippen molar-refractivity contribution in [2.24, 2.45) is 46.3 Å².